The lowest BCUT2D eigenvalue weighted by molar-refractivity contribution is -0.388. The predicted molar refractivity (Wildman–Crippen MR) is 89.8 cm³/mol. The van der Waals surface area contributed by atoms with Gasteiger partial charge in [-0.15, -0.1) is 11.8 Å². The molecule has 0 bridgehead atoms. The molecule has 0 aliphatic heterocycles. The number of nitro groups is 1. The van der Waals surface area contributed by atoms with Crippen molar-refractivity contribution >= 4 is 29.3 Å². The van der Waals surface area contributed by atoms with E-state index >= 15 is 0 Å². The average molecular weight is 402 g/mol. The number of nitrogens with zero attached hydrogens (tertiary/aromatic N) is 2. The van der Waals surface area contributed by atoms with Crippen LogP contribution in [0.2, 0.25) is 0 Å². The van der Waals surface area contributed by atoms with Gasteiger partial charge in [-0.3, -0.25) is 30.6 Å². The van der Waals surface area contributed by atoms with Crippen LogP contribution in [0, 0.1) is 10.1 Å². The van der Waals surface area contributed by atoms with Crippen LogP contribution in [-0.2, 0) is 18.0 Å². The van der Waals surface area contributed by atoms with Gasteiger partial charge in [-0.05, 0) is 24.3 Å². The second-order valence-electron chi connectivity index (χ2n) is 5.23. The summed E-state index contributed by atoms with van der Waals surface area (Å²) in [5.74, 6) is -1.60. The summed E-state index contributed by atoms with van der Waals surface area (Å²) in [7, 11) is 1.64. The van der Waals surface area contributed by atoms with Crippen LogP contribution in [0.4, 0.5) is 18.9 Å². The van der Waals surface area contributed by atoms with Gasteiger partial charge in [0.15, 0.2) is 0 Å². The van der Waals surface area contributed by atoms with E-state index in [2.05, 4.69) is 10.9 Å². The molecule has 0 unspecified atom stereocenters. The number of amides is 2. The van der Waals surface area contributed by atoms with E-state index in [1.807, 2.05) is 0 Å². The first-order chi connectivity index (χ1) is 12.6. The zero-order valence-corrected chi connectivity index (χ0v) is 14.6. The molecular formula is C15H13F3N4O4S. The van der Waals surface area contributed by atoms with Crippen molar-refractivity contribution in [1.29, 1.82) is 0 Å². The molecule has 0 aliphatic carbocycles. The molecule has 2 amide bonds. The van der Waals surface area contributed by atoms with Gasteiger partial charge in [-0.2, -0.15) is 13.2 Å². The van der Waals surface area contributed by atoms with Gasteiger partial charge in [-0.25, -0.2) is 0 Å². The second-order valence-corrected chi connectivity index (χ2v) is 6.25. The molecule has 1 heterocycles. The van der Waals surface area contributed by atoms with E-state index in [1.54, 1.807) is 19.3 Å². The van der Waals surface area contributed by atoms with Crippen molar-refractivity contribution in [2.75, 3.05) is 5.75 Å². The van der Waals surface area contributed by atoms with Gasteiger partial charge in [-0.1, -0.05) is 0 Å². The van der Waals surface area contributed by atoms with Gasteiger partial charge in [0.05, 0.1) is 21.1 Å². The molecule has 1 aromatic heterocycles. The summed E-state index contributed by atoms with van der Waals surface area (Å²) < 4.78 is 39.5. The quantitative estimate of drug-likeness (QED) is 0.454. The van der Waals surface area contributed by atoms with Gasteiger partial charge in [0.1, 0.15) is 5.69 Å². The molecule has 12 heteroatoms. The van der Waals surface area contributed by atoms with Crippen LogP contribution in [0.5, 0.6) is 0 Å². The van der Waals surface area contributed by atoms with Crippen molar-refractivity contribution in [2.24, 2.45) is 7.05 Å². The highest BCUT2D eigenvalue weighted by atomic mass is 32.2. The minimum atomic E-state index is -4.72. The SMILES string of the molecule is Cn1cccc1C(=O)NNC(=O)CSc1ccc(C(F)(F)F)cc1[N+](=O)[O-]. The molecular weight excluding hydrogens is 389 g/mol. The number of hydrogen-bond acceptors (Lipinski definition) is 5. The van der Waals surface area contributed by atoms with E-state index in [9.17, 15) is 32.9 Å². The summed E-state index contributed by atoms with van der Waals surface area (Å²) in [6.07, 6.45) is -3.08. The Kier molecular flexibility index (Phi) is 6.10. The van der Waals surface area contributed by atoms with E-state index in [4.69, 9.17) is 0 Å². The summed E-state index contributed by atoms with van der Waals surface area (Å²) >= 11 is 0.678. The largest absolute Gasteiger partial charge is 0.416 e. The third-order valence-electron chi connectivity index (χ3n) is 3.33. The van der Waals surface area contributed by atoms with Gasteiger partial charge in [0, 0.05) is 19.3 Å². The number of aromatic nitrogens is 1. The second kappa shape index (κ2) is 8.12. The lowest BCUT2D eigenvalue weighted by Gasteiger charge is -2.09. The minimum Gasteiger partial charge on any atom is -0.347 e. The normalized spacial score (nSPS) is 11.1. The van der Waals surface area contributed by atoms with Gasteiger partial charge >= 0.3 is 6.18 Å². The fourth-order valence-corrected chi connectivity index (χ4v) is 2.83. The molecule has 2 N–H and O–H groups in total. The third kappa shape index (κ3) is 5.23. The monoisotopic (exact) mass is 402 g/mol. The third-order valence-corrected chi connectivity index (χ3v) is 4.40. The number of alkyl halides is 3. The summed E-state index contributed by atoms with van der Waals surface area (Å²) in [5, 5.41) is 11.0. The van der Waals surface area contributed by atoms with E-state index in [0.717, 1.165) is 6.07 Å². The molecule has 0 saturated heterocycles. The Morgan fingerprint density at radius 1 is 1.26 bits per heavy atom. The smallest absolute Gasteiger partial charge is 0.347 e. The van der Waals surface area contributed by atoms with Gasteiger partial charge in [0.25, 0.3) is 11.6 Å². The Morgan fingerprint density at radius 2 is 1.96 bits per heavy atom. The van der Waals surface area contributed by atoms with E-state index in [-0.39, 0.29) is 10.6 Å². The van der Waals surface area contributed by atoms with Crippen LogP contribution in [-0.4, -0.2) is 27.1 Å². The summed E-state index contributed by atoms with van der Waals surface area (Å²) in [6, 6.07) is 5.21. The number of nitrogens with one attached hydrogen (secondary N) is 2. The number of nitro benzene ring substituents is 1. The molecule has 1 aromatic carbocycles. The van der Waals surface area contributed by atoms with E-state index in [1.165, 1.54) is 10.6 Å². The minimum absolute atomic E-state index is 0.100. The molecule has 0 atom stereocenters. The molecule has 2 rings (SSSR count). The first kappa shape index (κ1) is 20.3. The lowest BCUT2D eigenvalue weighted by atomic mass is 10.2. The molecule has 0 saturated carbocycles. The molecule has 0 spiro atoms. The van der Waals surface area contributed by atoms with Crippen LogP contribution in [0.1, 0.15) is 16.1 Å². The molecule has 27 heavy (non-hydrogen) atoms. The standard InChI is InChI=1S/C15H13F3N4O4S/c1-21-6-2-3-10(21)14(24)20-19-13(23)8-27-12-5-4-9(15(16,17)18)7-11(12)22(25)26/h2-7H,8H2,1H3,(H,19,23)(H,20,24). The van der Waals surface area contributed by atoms with Gasteiger partial charge < -0.3 is 4.57 Å². The van der Waals surface area contributed by atoms with Crippen molar-refractivity contribution < 1.29 is 27.7 Å². The van der Waals surface area contributed by atoms with Crippen molar-refractivity contribution in [3.8, 4) is 0 Å². The molecule has 0 fully saturated rings. The van der Waals surface area contributed by atoms with E-state index in [0.29, 0.717) is 29.6 Å². The van der Waals surface area contributed by atoms with Crippen LogP contribution < -0.4 is 10.9 Å². The highest BCUT2D eigenvalue weighted by Gasteiger charge is 2.33. The molecule has 0 radical (unpaired) electrons. The first-order valence-corrected chi connectivity index (χ1v) is 8.27. The fraction of sp³-hybridized carbons (Fsp3) is 0.200. The molecule has 0 aliphatic rings. The number of benzene rings is 1. The maximum atomic E-state index is 12.7. The summed E-state index contributed by atoms with van der Waals surface area (Å²) in [6.45, 7) is 0. The van der Waals surface area contributed by atoms with Crippen LogP contribution in [0.15, 0.2) is 41.4 Å². The number of thioether (sulfide) groups is 1. The summed E-state index contributed by atoms with van der Waals surface area (Å²) in [4.78, 5) is 33.5. The Labute approximate surface area is 154 Å². The zero-order chi connectivity index (χ0) is 20.2. The number of hydrazine groups is 1. The van der Waals surface area contributed by atoms with Crippen molar-refractivity contribution in [3.63, 3.8) is 0 Å². The number of carbonyl (C=O) groups excluding carboxylic acids is 2. The molecule has 8 nitrogen and oxygen atoms in total. The predicted octanol–water partition coefficient (Wildman–Crippen LogP) is 2.51. The Bertz CT molecular complexity index is 882. The zero-order valence-electron chi connectivity index (χ0n) is 13.7. The maximum Gasteiger partial charge on any atom is 0.416 e. The van der Waals surface area contributed by atoms with Crippen LogP contribution in [0.3, 0.4) is 0 Å². The Morgan fingerprint density at radius 3 is 2.52 bits per heavy atom. The fourth-order valence-electron chi connectivity index (χ4n) is 2.03. The van der Waals surface area contributed by atoms with Crippen molar-refractivity contribution in [3.05, 3.63) is 57.9 Å². The van der Waals surface area contributed by atoms with Crippen molar-refractivity contribution in [1.82, 2.24) is 15.4 Å². The number of rotatable bonds is 5. The average Bonchev–Trinajstić information content (AvgIpc) is 3.02. The Hall–Kier alpha value is -3.02. The van der Waals surface area contributed by atoms with Gasteiger partial charge in [0.2, 0.25) is 5.91 Å². The number of hydrogen-bond donors (Lipinski definition) is 2. The number of carbonyl (C=O) groups is 2. The van der Waals surface area contributed by atoms with E-state index < -0.39 is 34.2 Å². The number of aryl methyl sites for hydroxylation is 1. The van der Waals surface area contributed by atoms with Crippen LogP contribution in [0.25, 0.3) is 0 Å². The van der Waals surface area contributed by atoms with Crippen molar-refractivity contribution in [2.45, 2.75) is 11.1 Å². The summed E-state index contributed by atoms with van der Waals surface area (Å²) in [5.41, 5.74) is 2.69. The highest BCUT2D eigenvalue weighted by Crippen LogP contribution is 2.36. The highest BCUT2D eigenvalue weighted by molar-refractivity contribution is 8.00. The molecule has 2 aromatic rings. The lowest BCUT2D eigenvalue weighted by Crippen LogP contribution is -2.43. The topological polar surface area (TPSA) is 106 Å². The maximum absolute atomic E-state index is 12.7. The molecule has 144 valence electrons. The first-order valence-electron chi connectivity index (χ1n) is 7.28. The number of halogens is 3. The Balaban J connectivity index is 1.97. The van der Waals surface area contributed by atoms with Crippen LogP contribution >= 0.6 is 11.8 Å².